The summed E-state index contributed by atoms with van der Waals surface area (Å²) in [6, 6.07) is 1.68. The quantitative estimate of drug-likeness (QED) is 0.456. The van der Waals surface area contributed by atoms with Crippen LogP contribution in [0.3, 0.4) is 0 Å². The molecule has 0 aliphatic carbocycles. The molecule has 0 unspecified atom stereocenters. The van der Waals surface area contributed by atoms with Crippen LogP contribution < -0.4 is 10.6 Å². The highest BCUT2D eigenvalue weighted by Gasteiger charge is 2.20. The Morgan fingerprint density at radius 3 is 2.65 bits per heavy atom. The molecule has 0 amide bonds. The summed E-state index contributed by atoms with van der Waals surface area (Å²) in [4.78, 5) is 9.88. The number of likely N-dealkylation sites (N-methyl/N-ethyl adjacent to an activating group) is 1. The van der Waals surface area contributed by atoms with Gasteiger partial charge in [0.05, 0.1) is 4.92 Å². The number of halogens is 2. The minimum Gasteiger partial charge on any atom is -0.376 e. The molecule has 0 aromatic heterocycles. The highest BCUT2D eigenvalue weighted by atomic mass is 19.2. The standard InChI is InChI=1S/C10H13F2N3O2/c1-2-13-5-6-14-10-8(15(16)17)4-3-7(11)9(10)12/h3-4,13-14H,2,5-6H2,1H3. The smallest absolute Gasteiger partial charge is 0.295 e. The van der Waals surface area contributed by atoms with Crippen molar-refractivity contribution in [1.29, 1.82) is 0 Å². The number of anilines is 1. The van der Waals surface area contributed by atoms with Crippen LogP contribution in [0.4, 0.5) is 20.2 Å². The Morgan fingerprint density at radius 2 is 2.06 bits per heavy atom. The van der Waals surface area contributed by atoms with Crippen molar-refractivity contribution in [2.45, 2.75) is 6.92 Å². The van der Waals surface area contributed by atoms with Crippen molar-refractivity contribution in [2.24, 2.45) is 0 Å². The Balaban J connectivity index is 2.86. The Labute approximate surface area is 97.0 Å². The molecule has 0 heterocycles. The van der Waals surface area contributed by atoms with Gasteiger partial charge in [-0.1, -0.05) is 6.92 Å². The zero-order valence-corrected chi connectivity index (χ0v) is 9.30. The zero-order chi connectivity index (χ0) is 12.8. The largest absolute Gasteiger partial charge is 0.376 e. The summed E-state index contributed by atoms with van der Waals surface area (Å²) >= 11 is 0. The monoisotopic (exact) mass is 245 g/mol. The first-order chi connectivity index (χ1) is 8.07. The second kappa shape index (κ2) is 6.09. The molecule has 0 saturated carbocycles. The lowest BCUT2D eigenvalue weighted by Gasteiger charge is -2.08. The fourth-order valence-corrected chi connectivity index (χ4v) is 1.31. The minimum absolute atomic E-state index is 0.273. The van der Waals surface area contributed by atoms with Crippen molar-refractivity contribution in [3.63, 3.8) is 0 Å². The van der Waals surface area contributed by atoms with Crippen LogP contribution in [0.1, 0.15) is 6.92 Å². The van der Waals surface area contributed by atoms with E-state index in [4.69, 9.17) is 0 Å². The third-order valence-corrected chi connectivity index (χ3v) is 2.12. The van der Waals surface area contributed by atoms with Crippen LogP contribution in [0.5, 0.6) is 0 Å². The van der Waals surface area contributed by atoms with Crippen molar-refractivity contribution in [3.05, 3.63) is 33.9 Å². The fourth-order valence-electron chi connectivity index (χ4n) is 1.31. The Kier molecular flexibility index (Phi) is 4.77. The molecule has 0 aliphatic heterocycles. The van der Waals surface area contributed by atoms with E-state index in [-0.39, 0.29) is 6.54 Å². The number of rotatable bonds is 6. The number of nitro groups is 1. The lowest BCUT2D eigenvalue weighted by atomic mass is 10.2. The molecule has 0 radical (unpaired) electrons. The molecule has 0 aliphatic rings. The summed E-state index contributed by atoms with van der Waals surface area (Å²) < 4.78 is 26.3. The van der Waals surface area contributed by atoms with Gasteiger partial charge in [0.25, 0.3) is 5.69 Å². The second-order valence-electron chi connectivity index (χ2n) is 3.29. The van der Waals surface area contributed by atoms with Gasteiger partial charge in [-0.3, -0.25) is 10.1 Å². The van der Waals surface area contributed by atoms with Crippen molar-refractivity contribution in [2.75, 3.05) is 25.0 Å². The molecule has 17 heavy (non-hydrogen) atoms. The summed E-state index contributed by atoms with van der Waals surface area (Å²) in [5.74, 6) is -2.34. The van der Waals surface area contributed by atoms with Crippen molar-refractivity contribution < 1.29 is 13.7 Å². The van der Waals surface area contributed by atoms with Crippen LogP contribution >= 0.6 is 0 Å². The fraction of sp³-hybridized carbons (Fsp3) is 0.400. The normalized spacial score (nSPS) is 10.3. The molecule has 1 aromatic rings. The van der Waals surface area contributed by atoms with E-state index in [0.717, 1.165) is 18.7 Å². The van der Waals surface area contributed by atoms with Crippen molar-refractivity contribution in [1.82, 2.24) is 5.32 Å². The third kappa shape index (κ3) is 3.35. The highest BCUT2D eigenvalue weighted by molar-refractivity contribution is 5.62. The Morgan fingerprint density at radius 1 is 1.35 bits per heavy atom. The van der Waals surface area contributed by atoms with Gasteiger partial charge in [0.2, 0.25) is 0 Å². The topological polar surface area (TPSA) is 67.2 Å². The van der Waals surface area contributed by atoms with Gasteiger partial charge in [-0.2, -0.15) is 0 Å². The number of benzene rings is 1. The Bertz CT molecular complexity index is 413. The van der Waals surface area contributed by atoms with Crippen molar-refractivity contribution in [3.8, 4) is 0 Å². The number of hydrogen-bond donors (Lipinski definition) is 2. The molecular formula is C10H13F2N3O2. The van der Waals surface area contributed by atoms with E-state index < -0.39 is 27.9 Å². The van der Waals surface area contributed by atoms with Crippen LogP contribution in [0, 0.1) is 21.7 Å². The number of nitrogens with zero attached hydrogens (tertiary/aromatic N) is 1. The molecule has 1 aromatic carbocycles. The lowest BCUT2D eigenvalue weighted by Crippen LogP contribution is -2.22. The van der Waals surface area contributed by atoms with Gasteiger partial charge in [-0.25, -0.2) is 8.78 Å². The summed E-state index contributed by atoms with van der Waals surface area (Å²) in [5, 5.41) is 16.1. The Hall–Kier alpha value is -1.76. The minimum atomic E-state index is -1.23. The van der Waals surface area contributed by atoms with E-state index in [0.29, 0.717) is 6.54 Å². The molecule has 94 valence electrons. The average Bonchev–Trinajstić information content (AvgIpc) is 2.29. The molecular weight excluding hydrogens is 232 g/mol. The van der Waals surface area contributed by atoms with Crippen LogP contribution in [-0.2, 0) is 0 Å². The zero-order valence-electron chi connectivity index (χ0n) is 9.30. The van der Waals surface area contributed by atoms with Crippen LogP contribution in [0.25, 0.3) is 0 Å². The lowest BCUT2D eigenvalue weighted by molar-refractivity contribution is -0.384. The van der Waals surface area contributed by atoms with E-state index in [1.54, 1.807) is 0 Å². The van der Waals surface area contributed by atoms with E-state index in [1.165, 1.54) is 0 Å². The van der Waals surface area contributed by atoms with Crippen LogP contribution in [-0.4, -0.2) is 24.6 Å². The van der Waals surface area contributed by atoms with E-state index in [2.05, 4.69) is 10.6 Å². The summed E-state index contributed by atoms with van der Waals surface area (Å²) in [6.07, 6.45) is 0. The third-order valence-electron chi connectivity index (χ3n) is 2.12. The van der Waals surface area contributed by atoms with Gasteiger partial charge in [-0.15, -0.1) is 0 Å². The van der Waals surface area contributed by atoms with Crippen LogP contribution in [0.2, 0.25) is 0 Å². The predicted octanol–water partition coefficient (Wildman–Crippen LogP) is 1.89. The van der Waals surface area contributed by atoms with Gasteiger partial charge in [0.1, 0.15) is 0 Å². The first kappa shape index (κ1) is 13.3. The number of nitro benzene ring substituents is 1. The molecule has 0 atom stereocenters. The van der Waals surface area contributed by atoms with Gasteiger partial charge in [-0.05, 0) is 12.6 Å². The van der Waals surface area contributed by atoms with Gasteiger partial charge >= 0.3 is 0 Å². The maximum atomic E-state index is 13.4. The number of nitrogens with one attached hydrogen (secondary N) is 2. The molecule has 0 bridgehead atoms. The number of hydrogen-bond acceptors (Lipinski definition) is 4. The molecule has 0 fully saturated rings. The molecule has 0 saturated heterocycles. The summed E-state index contributed by atoms with van der Waals surface area (Å²) in [7, 11) is 0. The highest BCUT2D eigenvalue weighted by Crippen LogP contribution is 2.28. The maximum absolute atomic E-state index is 13.4. The molecule has 2 N–H and O–H groups in total. The predicted molar refractivity (Wildman–Crippen MR) is 60.0 cm³/mol. The average molecular weight is 245 g/mol. The van der Waals surface area contributed by atoms with E-state index in [9.17, 15) is 18.9 Å². The first-order valence-corrected chi connectivity index (χ1v) is 5.15. The molecule has 7 heteroatoms. The molecule has 0 spiro atoms. The van der Waals surface area contributed by atoms with Gasteiger partial charge in [0, 0.05) is 19.2 Å². The summed E-state index contributed by atoms with van der Waals surface area (Å²) in [5.41, 5.74) is -0.881. The first-order valence-electron chi connectivity index (χ1n) is 5.15. The van der Waals surface area contributed by atoms with E-state index >= 15 is 0 Å². The SMILES string of the molecule is CCNCCNc1c([N+](=O)[O-])ccc(F)c1F. The molecule has 1 rings (SSSR count). The van der Waals surface area contributed by atoms with Gasteiger partial charge in [0.15, 0.2) is 17.3 Å². The second-order valence-corrected chi connectivity index (χ2v) is 3.29. The van der Waals surface area contributed by atoms with Gasteiger partial charge < -0.3 is 10.6 Å². The molecule has 5 nitrogen and oxygen atoms in total. The summed E-state index contributed by atoms with van der Waals surface area (Å²) in [6.45, 7) is 3.40. The van der Waals surface area contributed by atoms with Crippen LogP contribution in [0.15, 0.2) is 12.1 Å². The van der Waals surface area contributed by atoms with E-state index in [1.807, 2.05) is 6.92 Å². The van der Waals surface area contributed by atoms with Crippen molar-refractivity contribution >= 4 is 11.4 Å². The maximum Gasteiger partial charge on any atom is 0.295 e.